The van der Waals surface area contributed by atoms with E-state index >= 15 is 0 Å². The Labute approximate surface area is 166 Å². The molecule has 0 bridgehead atoms. The molecule has 1 amide bonds. The zero-order chi connectivity index (χ0) is 18.1. The highest BCUT2D eigenvalue weighted by molar-refractivity contribution is 14.1. The first-order valence-corrected chi connectivity index (χ1v) is 9.49. The summed E-state index contributed by atoms with van der Waals surface area (Å²) >= 11 is 3.55. The van der Waals surface area contributed by atoms with E-state index in [-0.39, 0.29) is 11.9 Å². The van der Waals surface area contributed by atoms with Gasteiger partial charge in [0, 0.05) is 9.77 Å². The lowest BCUT2D eigenvalue weighted by Gasteiger charge is -2.05. The average Bonchev–Trinajstić information content (AvgIpc) is 3.05. The van der Waals surface area contributed by atoms with Crippen LogP contribution in [-0.2, 0) is 0 Å². The van der Waals surface area contributed by atoms with Crippen LogP contribution in [0.15, 0.2) is 42.6 Å². The third kappa shape index (κ3) is 3.53. The van der Waals surface area contributed by atoms with Crippen molar-refractivity contribution in [2.24, 2.45) is 0 Å². The summed E-state index contributed by atoms with van der Waals surface area (Å²) in [5, 5.41) is 3.06. The van der Waals surface area contributed by atoms with Crippen molar-refractivity contribution in [3.8, 4) is 11.5 Å². The van der Waals surface area contributed by atoms with E-state index in [2.05, 4.69) is 52.8 Å². The van der Waals surface area contributed by atoms with Crippen LogP contribution in [0.3, 0.4) is 0 Å². The minimum Gasteiger partial charge on any atom is -0.288 e. The molecule has 4 aromatic rings. The lowest BCUT2D eigenvalue weighted by Crippen LogP contribution is -2.15. The smallest absolute Gasteiger partial charge is 0.287 e. The Balaban J connectivity index is 1.63. The van der Waals surface area contributed by atoms with Crippen LogP contribution in [0.1, 0.15) is 15.6 Å². The molecule has 0 saturated carbocycles. The number of nitrogens with zero attached hydrogens (tertiary/aromatic N) is 5. The molecule has 4 rings (SSSR count). The number of hydrogen-bond acceptors (Lipinski definition) is 7. The highest BCUT2D eigenvalue weighted by Gasteiger charge is 2.15. The van der Waals surface area contributed by atoms with Crippen molar-refractivity contribution in [1.29, 1.82) is 0 Å². The number of thiazole rings is 1. The third-order valence-electron chi connectivity index (χ3n) is 3.41. The summed E-state index contributed by atoms with van der Waals surface area (Å²) in [6, 6.07) is 11.3. The number of fused-ring (bicyclic) bond motifs is 1. The van der Waals surface area contributed by atoms with E-state index in [0.29, 0.717) is 22.4 Å². The summed E-state index contributed by atoms with van der Waals surface area (Å²) in [6.07, 6.45) is 1.66. The zero-order valence-corrected chi connectivity index (χ0v) is 16.4. The molecule has 0 unspecified atom stereocenters. The molecule has 0 radical (unpaired) electrons. The quantitative estimate of drug-likeness (QED) is 0.455. The molecule has 7 nitrogen and oxygen atoms in total. The van der Waals surface area contributed by atoms with Gasteiger partial charge in [0.25, 0.3) is 5.91 Å². The SMILES string of the molecule is Cc1nc(NC(=O)c2nc3cc(I)ccc3s2)nc(-c2ccccn2)n1. The molecule has 26 heavy (non-hydrogen) atoms. The van der Waals surface area contributed by atoms with Gasteiger partial charge in [0.05, 0.1) is 10.2 Å². The molecule has 0 spiro atoms. The molecule has 3 heterocycles. The molecule has 128 valence electrons. The standard InChI is InChI=1S/C17H11IN6OS/c1-9-20-14(11-4-2-3-7-19-11)23-17(21-9)24-15(25)16-22-12-8-10(18)5-6-13(12)26-16/h2-8H,1H3,(H,20,21,23,24,25). The second kappa shape index (κ2) is 7.00. The van der Waals surface area contributed by atoms with Gasteiger partial charge in [-0.2, -0.15) is 9.97 Å². The summed E-state index contributed by atoms with van der Waals surface area (Å²) in [6.45, 7) is 1.74. The van der Waals surface area contributed by atoms with Crippen molar-refractivity contribution in [3.63, 3.8) is 0 Å². The summed E-state index contributed by atoms with van der Waals surface area (Å²) in [4.78, 5) is 33.9. The van der Waals surface area contributed by atoms with Crippen molar-refractivity contribution in [2.75, 3.05) is 5.32 Å². The lowest BCUT2D eigenvalue weighted by atomic mass is 10.3. The van der Waals surface area contributed by atoms with Crippen molar-refractivity contribution >= 4 is 56.0 Å². The second-order valence-corrected chi connectivity index (χ2v) is 7.61. The number of aryl methyl sites for hydroxylation is 1. The number of aromatic nitrogens is 5. The Morgan fingerprint density at radius 1 is 1.12 bits per heavy atom. The predicted octanol–water partition coefficient (Wildman–Crippen LogP) is 3.71. The van der Waals surface area contributed by atoms with Gasteiger partial charge in [0.2, 0.25) is 5.95 Å². The van der Waals surface area contributed by atoms with E-state index in [1.165, 1.54) is 11.3 Å². The molecule has 0 aliphatic rings. The molecular weight excluding hydrogens is 463 g/mol. The molecule has 0 aliphatic heterocycles. The highest BCUT2D eigenvalue weighted by atomic mass is 127. The van der Waals surface area contributed by atoms with Crippen LogP contribution in [0.4, 0.5) is 5.95 Å². The number of amides is 1. The molecule has 3 aromatic heterocycles. The fourth-order valence-electron chi connectivity index (χ4n) is 2.30. The first kappa shape index (κ1) is 16.9. The lowest BCUT2D eigenvalue weighted by molar-refractivity contribution is 0.102. The monoisotopic (exact) mass is 474 g/mol. The van der Waals surface area contributed by atoms with Gasteiger partial charge in [-0.3, -0.25) is 15.1 Å². The number of hydrogen-bond donors (Lipinski definition) is 1. The molecule has 1 N–H and O–H groups in total. The number of carbonyl (C=O) groups is 1. The Bertz CT molecular complexity index is 1110. The topological polar surface area (TPSA) is 93.6 Å². The Kier molecular flexibility index (Phi) is 4.55. The van der Waals surface area contributed by atoms with E-state index in [1.807, 2.05) is 30.3 Å². The Morgan fingerprint density at radius 3 is 2.81 bits per heavy atom. The van der Waals surface area contributed by atoms with Gasteiger partial charge in [-0.25, -0.2) is 9.97 Å². The number of rotatable bonds is 3. The van der Waals surface area contributed by atoms with E-state index in [1.54, 1.807) is 19.2 Å². The number of anilines is 1. The molecule has 0 fully saturated rings. The second-order valence-electron chi connectivity index (χ2n) is 5.33. The highest BCUT2D eigenvalue weighted by Crippen LogP contribution is 2.24. The van der Waals surface area contributed by atoms with Crippen molar-refractivity contribution < 1.29 is 4.79 Å². The fraction of sp³-hybridized carbons (Fsp3) is 0.0588. The first-order valence-electron chi connectivity index (χ1n) is 7.60. The van der Waals surface area contributed by atoms with Gasteiger partial charge in [-0.05, 0) is 59.8 Å². The number of benzene rings is 1. The van der Waals surface area contributed by atoms with Crippen LogP contribution in [0.5, 0.6) is 0 Å². The zero-order valence-electron chi connectivity index (χ0n) is 13.5. The maximum Gasteiger partial charge on any atom is 0.287 e. The van der Waals surface area contributed by atoms with Gasteiger partial charge in [-0.15, -0.1) is 11.3 Å². The van der Waals surface area contributed by atoms with Crippen LogP contribution < -0.4 is 5.32 Å². The first-order chi connectivity index (χ1) is 12.6. The maximum absolute atomic E-state index is 12.5. The Hall–Kier alpha value is -2.53. The third-order valence-corrected chi connectivity index (χ3v) is 5.12. The molecule has 0 aliphatic carbocycles. The van der Waals surface area contributed by atoms with Gasteiger partial charge in [-0.1, -0.05) is 6.07 Å². The largest absolute Gasteiger partial charge is 0.288 e. The van der Waals surface area contributed by atoms with Crippen LogP contribution in [0.2, 0.25) is 0 Å². The number of carbonyl (C=O) groups excluding carboxylic acids is 1. The predicted molar refractivity (Wildman–Crippen MR) is 108 cm³/mol. The van der Waals surface area contributed by atoms with Gasteiger partial charge < -0.3 is 0 Å². The normalized spacial score (nSPS) is 10.8. The van der Waals surface area contributed by atoms with E-state index in [4.69, 9.17) is 0 Å². The summed E-state index contributed by atoms with van der Waals surface area (Å²) in [5.74, 6) is 0.734. The number of nitrogens with one attached hydrogen (secondary N) is 1. The molecular formula is C17H11IN6OS. The van der Waals surface area contributed by atoms with Gasteiger partial charge in [0.1, 0.15) is 11.5 Å². The van der Waals surface area contributed by atoms with E-state index < -0.39 is 0 Å². The van der Waals surface area contributed by atoms with Crippen LogP contribution in [0, 0.1) is 10.5 Å². The summed E-state index contributed by atoms with van der Waals surface area (Å²) < 4.78 is 2.03. The van der Waals surface area contributed by atoms with Crippen molar-refractivity contribution in [3.05, 3.63) is 57.0 Å². The number of pyridine rings is 1. The van der Waals surface area contributed by atoms with Gasteiger partial charge >= 0.3 is 0 Å². The van der Waals surface area contributed by atoms with Crippen LogP contribution >= 0.6 is 33.9 Å². The van der Waals surface area contributed by atoms with Gasteiger partial charge in [0.15, 0.2) is 10.8 Å². The maximum atomic E-state index is 12.5. The van der Waals surface area contributed by atoms with Crippen LogP contribution in [0.25, 0.3) is 21.7 Å². The molecule has 9 heteroatoms. The van der Waals surface area contributed by atoms with Crippen molar-refractivity contribution in [1.82, 2.24) is 24.9 Å². The molecule has 0 saturated heterocycles. The fourth-order valence-corrected chi connectivity index (χ4v) is 3.62. The summed E-state index contributed by atoms with van der Waals surface area (Å²) in [7, 11) is 0. The molecule has 1 aromatic carbocycles. The minimum absolute atomic E-state index is 0.178. The van der Waals surface area contributed by atoms with Crippen LogP contribution in [-0.4, -0.2) is 30.8 Å². The van der Waals surface area contributed by atoms with E-state index in [0.717, 1.165) is 13.8 Å². The number of halogens is 1. The molecule has 0 atom stereocenters. The Morgan fingerprint density at radius 2 is 2.00 bits per heavy atom. The minimum atomic E-state index is -0.348. The average molecular weight is 474 g/mol. The van der Waals surface area contributed by atoms with E-state index in [9.17, 15) is 4.79 Å². The summed E-state index contributed by atoms with van der Waals surface area (Å²) in [5.41, 5.74) is 1.41. The van der Waals surface area contributed by atoms with Crippen molar-refractivity contribution in [2.45, 2.75) is 6.92 Å².